The fourth-order valence-corrected chi connectivity index (χ4v) is 8.95. The van der Waals surface area contributed by atoms with Gasteiger partial charge in [0.15, 0.2) is 0 Å². The summed E-state index contributed by atoms with van der Waals surface area (Å²) in [5.41, 5.74) is -0.844. The van der Waals surface area contributed by atoms with E-state index < -0.39 is 80.2 Å². The topological polar surface area (TPSA) is 190 Å². The van der Waals surface area contributed by atoms with Gasteiger partial charge in [-0.2, -0.15) is 0 Å². The number of carbonyl (C=O) groups is 5. The van der Waals surface area contributed by atoms with Gasteiger partial charge in [-0.15, -0.1) is 6.58 Å². The minimum absolute atomic E-state index is 0.106. The van der Waals surface area contributed by atoms with E-state index in [2.05, 4.69) is 21.9 Å². The monoisotopic (exact) mass is 767 g/mol. The minimum Gasteiger partial charge on any atom is -0.489 e. The summed E-state index contributed by atoms with van der Waals surface area (Å²) in [6.45, 7) is 9.91. The van der Waals surface area contributed by atoms with Crippen molar-refractivity contribution in [2.75, 3.05) is 19.8 Å². The molecule has 5 amide bonds. The zero-order valence-corrected chi connectivity index (χ0v) is 31.7. The molecule has 7 rings (SSSR count). The second kappa shape index (κ2) is 13.9. The number of cyclic esters (lactones) is 1. The summed E-state index contributed by atoms with van der Waals surface area (Å²) in [5.74, 6) is -2.10. The van der Waals surface area contributed by atoms with Crippen LogP contribution in [-0.4, -0.2) is 96.9 Å². The molecule has 1 aromatic rings. The number of ether oxygens (including phenoxy) is 3. The highest BCUT2D eigenvalue weighted by molar-refractivity contribution is 7.91. The van der Waals surface area contributed by atoms with Crippen molar-refractivity contribution in [2.24, 2.45) is 16.7 Å². The van der Waals surface area contributed by atoms with Crippen molar-refractivity contribution in [3.63, 3.8) is 0 Å². The van der Waals surface area contributed by atoms with Crippen LogP contribution < -0.4 is 20.1 Å². The highest BCUT2D eigenvalue weighted by Gasteiger charge is 2.62. The van der Waals surface area contributed by atoms with Crippen molar-refractivity contribution in [1.82, 2.24) is 25.2 Å². The molecule has 4 bridgehead atoms. The third-order valence-corrected chi connectivity index (χ3v) is 13.3. The SMILES string of the molecule is C=C[C@H]1C[C@@]1(NC(=O)[C@@H]1CC2CN1C(=O)[C@H](C(C)(C)C)NC(=O)OCC1(C/C=C/COc3cccc4c3CN(C4)C(=O)O2)CC1)C(=O)NS(=O)(=O)C1CC1. The number of hydrogen-bond donors (Lipinski definition) is 3. The van der Waals surface area contributed by atoms with Crippen LogP contribution in [0.5, 0.6) is 5.75 Å². The average molecular weight is 768 g/mol. The highest BCUT2D eigenvalue weighted by Crippen LogP contribution is 2.49. The largest absolute Gasteiger partial charge is 0.489 e. The lowest BCUT2D eigenvalue weighted by Gasteiger charge is -2.35. The standard InChI is InChI=1S/C38H49N5O10S/c1-5-24-18-38(24,33(46)41-54(49,50)26-11-12-26)40-31(44)28-17-25-20-43(28)32(45)30(36(2,3)4)39-34(47)52-22-37(14-15-37)13-6-7-16-51-29-10-8-9-23-19-42(21-27(23)29)35(48)53-25/h5-10,24-26,28,30H,1,11-22H2,2-4H3,(H,39,47)(H,40,44)(H,41,46)/b7-6+/t24-,25?,28-,30+,38-/m0/s1. The van der Waals surface area contributed by atoms with Gasteiger partial charge in [-0.05, 0) is 55.6 Å². The van der Waals surface area contributed by atoms with Gasteiger partial charge in [0, 0.05) is 29.9 Å². The number of benzene rings is 1. The number of alkyl carbamates (subject to hydrolysis) is 1. The maximum Gasteiger partial charge on any atom is 0.410 e. The molecule has 1 spiro atoms. The Hall–Kier alpha value is -4.60. The first-order valence-corrected chi connectivity index (χ1v) is 20.2. The number of allylic oxidation sites excluding steroid dienone is 1. The zero-order valence-electron chi connectivity index (χ0n) is 30.9. The van der Waals surface area contributed by atoms with Crippen LogP contribution in [0, 0.1) is 16.7 Å². The highest BCUT2D eigenvalue weighted by atomic mass is 32.2. The van der Waals surface area contributed by atoms with Crippen molar-refractivity contribution < 1.29 is 46.6 Å². The van der Waals surface area contributed by atoms with E-state index in [4.69, 9.17) is 14.2 Å². The molecule has 0 radical (unpaired) electrons. The van der Waals surface area contributed by atoms with Crippen LogP contribution in [0.1, 0.15) is 76.8 Å². The van der Waals surface area contributed by atoms with E-state index in [-0.39, 0.29) is 44.5 Å². The molecule has 292 valence electrons. The Labute approximate surface area is 315 Å². The van der Waals surface area contributed by atoms with Gasteiger partial charge in [0.1, 0.15) is 36.1 Å². The molecular weight excluding hydrogens is 719 g/mol. The lowest BCUT2D eigenvalue weighted by molar-refractivity contribution is -0.143. The summed E-state index contributed by atoms with van der Waals surface area (Å²) in [4.78, 5) is 71.9. The van der Waals surface area contributed by atoms with Gasteiger partial charge in [0.25, 0.3) is 5.91 Å². The van der Waals surface area contributed by atoms with Gasteiger partial charge in [-0.1, -0.05) is 51.1 Å². The second-order valence-electron chi connectivity index (χ2n) is 16.7. The Bertz CT molecular complexity index is 1880. The van der Waals surface area contributed by atoms with E-state index in [1.54, 1.807) is 20.8 Å². The molecule has 3 heterocycles. The number of amides is 5. The van der Waals surface area contributed by atoms with E-state index in [0.717, 1.165) is 24.0 Å². The van der Waals surface area contributed by atoms with Gasteiger partial charge < -0.3 is 29.7 Å². The van der Waals surface area contributed by atoms with E-state index in [1.165, 1.54) is 15.9 Å². The number of sulfonamides is 1. The number of nitrogens with zero attached hydrogens (tertiary/aromatic N) is 2. The van der Waals surface area contributed by atoms with Gasteiger partial charge >= 0.3 is 12.2 Å². The van der Waals surface area contributed by atoms with Crippen molar-refractivity contribution in [2.45, 2.75) is 108 Å². The molecule has 0 aromatic heterocycles. The molecular formula is C38H49N5O10S. The fourth-order valence-electron chi connectivity index (χ4n) is 7.58. The average Bonchev–Trinajstić information content (AvgIpc) is 4.07. The van der Waals surface area contributed by atoms with Gasteiger partial charge in [-0.25, -0.2) is 18.0 Å². The zero-order chi connectivity index (χ0) is 38.6. The number of nitrogens with one attached hydrogen (secondary N) is 3. The number of fused-ring (bicyclic) bond motifs is 3. The molecule has 16 heteroatoms. The van der Waals surface area contributed by atoms with E-state index in [0.29, 0.717) is 31.6 Å². The Morgan fingerprint density at radius 1 is 1.07 bits per heavy atom. The smallest absolute Gasteiger partial charge is 0.410 e. The normalized spacial score (nSPS) is 30.2. The van der Waals surface area contributed by atoms with Gasteiger partial charge in [0.05, 0.1) is 24.9 Å². The molecule has 54 heavy (non-hydrogen) atoms. The minimum atomic E-state index is -3.92. The van der Waals surface area contributed by atoms with Gasteiger partial charge in [-0.3, -0.25) is 24.0 Å². The van der Waals surface area contributed by atoms with E-state index in [1.807, 2.05) is 30.4 Å². The molecule has 6 aliphatic rings. The van der Waals surface area contributed by atoms with Crippen molar-refractivity contribution >= 4 is 39.9 Å². The lowest BCUT2D eigenvalue weighted by Crippen LogP contribution is -2.60. The summed E-state index contributed by atoms with van der Waals surface area (Å²) in [6, 6.07) is 3.27. The number of carbonyl (C=O) groups excluding carboxylic acids is 5. The van der Waals surface area contributed by atoms with E-state index in [9.17, 15) is 32.4 Å². The van der Waals surface area contributed by atoms with Crippen LogP contribution in [0.15, 0.2) is 43.0 Å². The quantitative estimate of drug-likeness (QED) is 0.363. The van der Waals surface area contributed by atoms with Gasteiger partial charge in [0.2, 0.25) is 21.8 Å². The molecule has 1 saturated heterocycles. The van der Waals surface area contributed by atoms with Crippen LogP contribution in [0.25, 0.3) is 0 Å². The van der Waals surface area contributed by atoms with Crippen LogP contribution in [-0.2, 0) is 47.0 Å². The third-order valence-electron chi connectivity index (χ3n) is 11.5. The molecule has 1 unspecified atom stereocenters. The second-order valence-corrected chi connectivity index (χ2v) is 18.6. The Kier molecular flexibility index (Phi) is 9.72. The Balaban J connectivity index is 1.16. The first-order chi connectivity index (χ1) is 25.5. The number of hydrogen-bond acceptors (Lipinski definition) is 10. The first kappa shape index (κ1) is 37.7. The molecule has 5 atom stereocenters. The predicted molar refractivity (Wildman–Crippen MR) is 194 cm³/mol. The molecule has 3 aliphatic carbocycles. The fraction of sp³-hybridized carbons (Fsp3) is 0.605. The maximum atomic E-state index is 14.5. The van der Waals surface area contributed by atoms with Crippen LogP contribution in [0.2, 0.25) is 0 Å². The van der Waals surface area contributed by atoms with Crippen molar-refractivity contribution in [3.05, 3.63) is 54.1 Å². The molecule has 3 N–H and O–H groups in total. The molecule has 1 aromatic carbocycles. The molecule has 15 nitrogen and oxygen atoms in total. The van der Waals surface area contributed by atoms with Crippen molar-refractivity contribution in [3.8, 4) is 5.75 Å². The number of rotatable bonds is 6. The Morgan fingerprint density at radius 3 is 2.50 bits per heavy atom. The maximum absolute atomic E-state index is 14.5. The molecule has 4 fully saturated rings. The first-order valence-electron chi connectivity index (χ1n) is 18.6. The lowest BCUT2D eigenvalue weighted by atomic mass is 9.85. The Morgan fingerprint density at radius 2 is 1.83 bits per heavy atom. The van der Waals surface area contributed by atoms with Crippen LogP contribution in [0.4, 0.5) is 9.59 Å². The van der Waals surface area contributed by atoms with Crippen molar-refractivity contribution in [1.29, 1.82) is 0 Å². The van der Waals surface area contributed by atoms with E-state index >= 15 is 0 Å². The predicted octanol–water partition coefficient (Wildman–Crippen LogP) is 3.04. The molecule has 3 aliphatic heterocycles. The van der Waals surface area contributed by atoms with Crippen LogP contribution >= 0.6 is 0 Å². The summed E-state index contributed by atoms with van der Waals surface area (Å²) >= 11 is 0. The summed E-state index contributed by atoms with van der Waals surface area (Å²) in [5, 5.41) is 4.82. The summed E-state index contributed by atoms with van der Waals surface area (Å²) in [7, 11) is -3.92. The van der Waals surface area contributed by atoms with Crippen LogP contribution in [0.3, 0.4) is 0 Å². The summed E-state index contributed by atoms with van der Waals surface area (Å²) in [6.07, 6.45) is 6.43. The molecule has 3 saturated carbocycles. The summed E-state index contributed by atoms with van der Waals surface area (Å²) < 4.78 is 45.2. The third kappa shape index (κ3) is 7.66.